The van der Waals surface area contributed by atoms with Crippen LogP contribution in [0.1, 0.15) is 22.3 Å². The molecule has 2 aromatic heterocycles. The summed E-state index contributed by atoms with van der Waals surface area (Å²) >= 11 is 0. The van der Waals surface area contributed by atoms with Gasteiger partial charge in [-0.25, -0.2) is 0 Å². The van der Waals surface area contributed by atoms with Gasteiger partial charge in [0.15, 0.2) is 0 Å². The molecule has 0 fully saturated rings. The molecule has 0 aliphatic rings. The Balaban J connectivity index is 1.76. The van der Waals surface area contributed by atoms with Crippen molar-refractivity contribution in [1.82, 2.24) is 14.4 Å². The Kier molecular flexibility index (Phi) is 4.69. The van der Waals surface area contributed by atoms with Crippen molar-refractivity contribution >= 4 is 42.2 Å². The molecular formula is C22H21BN6. The number of benzene rings is 2. The maximum absolute atomic E-state index is 8.98. The van der Waals surface area contributed by atoms with Crippen LogP contribution in [-0.4, -0.2) is 22.4 Å². The number of fused-ring (bicyclic) bond motifs is 1. The average molecular weight is 380 g/mol. The fourth-order valence-electron chi connectivity index (χ4n) is 3.54. The molecular weight excluding hydrogens is 359 g/mol. The maximum atomic E-state index is 8.98. The Hall–Kier alpha value is -3.79. The van der Waals surface area contributed by atoms with Gasteiger partial charge in [0.2, 0.25) is 13.9 Å². The summed E-state index contributed by atoms with van der Waals surface area (Å²) < 4.78 is 1.97. The lowest BCUT2D eigenvalue weighted by Gasteiger charge is -2.15. The van der Waals surface area contributed by atoms with Crippen molar-refractivity contribution in [3.63, 3.8) is 0 Å². The molecule has 2 N–H and O–H groups in total. The quantitative estimate of drug-likeness (QED) is 0.521. The molecule has 0 unspecified atom stereocenters. The third kappa shape index (κ3) is 3.65. The van der Waals surface area contributed by atoms with E-state index in [-0.39, 0.29) is 0 Å². The van der Waals surface area contributed by atoms with Crippen LogP contribution < -0.4 is 10.6 Å². The van der Waals surface area contributed by atoms with Crippen molar-refractivity contribution in [3.05, 3.63) is 70.9 Å². The van der Waals surface area contributed by atoms with Gasteiger partial charge in [0.25, 0.3) is 0 Å². The molecule has 0 saturated heterocycles. The number of aryl methyl sites for hydroxylation is 3. The molecule has 4 rings (SSSR count). The Bertz CT molecular complexity index is 1230. The topological polar surface area (TPSA) is 78.6 Å². The second kappa shape index (κ2) is 7.32. The van der Waals surface area contributed by atoms with Crippen molar-refractivity contribution in [2.45, 2.75) is 20.8 Å². The van der Waals surface area contributed by atoms with Gasteiger partial charge in [-0.3, -0.25) is 0 Å². The molecule has 0 radical (unpaired) electrons. The highest BCUT2D eigenvalue weighted by atomic mass is 15.2. The van der Waals surface area contributed by atoms with Gasteiger partial charge in [0.1, 0.15) is 11.5 Å². The molecule has 0 aliphatic heterocycles. The first kappa shape index (κ1) is 18.6. The van der Waals surface area contributed by atoms with Crippen molar-refractivity contribution in [1.29, 1.82) is 5.26 Å². The monoisotopic (exact) mass is 380 g/mol. The predicted molar refractivity (Wildman–Crippen MR) is 120 cm³/mol. The van der Waals surface area contributed by atoms with E-state index in [9.17, 15) is 0 Å². The number of hydrogen-bond acceptors (Lipinski definition) is 5. The third-order valence-corrected chi connectivity index (χ3v) is 4.92. The third-order valence-electron chi connectivity index (χ3n) is 4.92. The second-order valence-electron chi connectivity index (χ2n) is 7.27. The summed E-state index contributed by atoms with van der Waals surface area (Å²) in [7, 11) is 1.97. The standard InChI is InChI=1S/C22H21BN6/c1-13-10-14(2)19(15(3)11-13)26-20-18-8-9-29(23)21(18)28-22(27-20)25-17-6-4-16(12-24)5-7-17/h4-11H,23H2,1-3H3,(H2,25,26,27,28). The van der Waals surface area contributed by atoms with Crippen LogP contribution in [0.2, 0.25) is 0 Å². The molecule has 0 amide bonds. The summed E-state index contributed by atoms with van der Waals surface area (Å²) in [4.78, 5) is 9.41. The molecule has 142 valence electrons. The number of anilines is 4. The van der Waals surface area contributed by atoms with E-state index in [1.807, 2.05) is 36.9 Å². The van der Waals surface area contributed by atoms with Crippen LogP contribution in [0.3, 0.4) is 0 Å². The normalized spacial score (nSPS) is 10.7. The van der Waals surface area contributed by atoms with Gasteiger partial charge in [-0.15, -0.1) is 0 Å². The lowest BCUT2D eigenvalue weighted by molar-refractivity contribution is 1.16. The largest absolute Gasteiger partial charge is 0.384 e. The lowest BCUT2D eigenvalue weighted by Crippen LogP contribution is -2.05. The zero-order valence-electron chi connectivity index (χ0n) is 16.9. The van der Waals surface area contributed by atoms with E-state index >= 15 is 0 Å². The Morgan fingerprint density at radius 3 is 2.31 bits per heavy atom. The van der Waals surface area contributed by atoms with Crippen LogP contribution in [0.4, 0.5) is 23.1 Å². The Labute approximate surface area is 170 Å². The number of nitrogens with one attached hydrogen (secondary N) is 2. The van der Waals surface area contributed by atoms with E-state index in [2.05, 4.69) is 54.6 Å². The SMILES string of the molecule is Bn1ccc2c(Nc3c(C)cc(C)cc3C)nc(Nc3ccc(C#N)cc3)nc21. The fourth-order valence-corrected chi connectivity index (χ4v) is 3.54. The minimum absolute atomic E-state index is 0.494. The van der Waals surface area contributed by atoms with Crippen LogP contribution >= 0.6 is 0 Å². The highest BCUT2D eigenvalue weighted by Gasteiger charge is 2.13. The molecule has 7 heteroatoms. The van der Waals surface area contributed by atoms with E-state index in [4.69, 9.17) is 10.2 Å². The van der Waals surface area contributed by atoms with Gasteiger partial charge in [-0.2, -0.15) is 15.2 Å². The molecule has 2 aromatic carbocycles. The Morgan fingerprint density at radius 2 is 1.66 bits per heavy atom. The minimum atomic E-state index is 0.494. The van der Waals surface area contributed by atoms with E-state index in [0.29, 0.717) is 11.5 Å². The van der Waals surface area contributed by atoms with Crippen molar-refractivity contribution in [2.75, 3.05) is 10.6 Å². The highest BCUT2D eigenvalue weighted by Crippen LogP contribution is 2.30. The molecule has 29 heavy (non-hydrogen) atoms. The smallest absolute Gasteiger partial charge is 0.231 e. The van der Waals surface area contributed by atoms with Crippen molar-refractivity contribution < 1.29 is 0 Å². The number of nitriles is 1. The fraction of sp³-hybridized carbons (Fsp3) is 0.136. The van der Waals surface area contributed by atoms with Gasteiger partial charge in [0, 0.05) is 11.4 Å². The van der Waals surface area contributed by atoms with Crippen LogP contribution in [0.25, 0.3) is 11.0 Å². The predicted octanol–water partition coefficient (Wildman–Crippen LogP) is 4.11. The summed E-state index contributed by atoms with van der Waals surface area (Å²) in [5, 5.41) is 16.7. The average Bonchev–Trinajstić information content (AvgIpc) is 3.06. The Morgan fingerprint density at radius 1 is 0.966 bits per heavy atom. The molecule has 2 heterocycles. The van der Waals surface area contributed by atoms with E-state index in [0.717, 1.165) is 28.2 Å². The van der Waals surface area contributed by atoms with E-state index in [1.165, 1.54) is 16.7 Å². The summed E-state index contributed by atoms with van der Waals surface area (Å²) in [6.07, 6.45) is 1.98. The maximum Gasteiger partial charge on any atom is 0.231 e. The summed E-state index contributed by atoms with van der Waals surface area (Å²) in [5.41, 5.74) is 6.91. The zero-order valence-corrected chi connectivity index (χ0v) is 16.9. The van der Waals surface area contributed by atoms with E-state index in [1.54, 1.807) is 12.1 Å². The van der Waals surface area contributed by atoms with Gasteiger partial charge >= 0.3 is 0 Å². The molecule has 4 aromatic rings. The second-order valence-corrected chi connectivity index (χ2v) is 7.27. The highest BCUT2D eigenvalue weighted by molar-refractivity contribution is 6.12. The summed E-state index contributed by atoms with van der Waals surface area (Å²) in [6, 6.07) is 15.7. The molecule has 0 aliphatic carbocycles. The van der Waals surface area contributed by atoms with Gasteiger partial charge < -0.3 is 15.1 Å². The van der Waals surface area contributed by atoms with Crippen LogP contribution in [-0.2, 0) is 0 Å². The first-order valence-electron chi connectivity index (χ1n) is 9.40. The van der Waals surface area contributed by atoms with Crippen LogP contribution in [0.15, 0.2) is 48.7 Å². The summed E-state index contributed by atoms with van der Waals surface area (Å²) in [5.74, 6) is 1.25. The lowest BCUT2D eigenvalue weighted by atomic mass is 10.1. The zero-order chi connectivity index (χ0) is 20.5. The molecule has 0 saturated carbocycles. The van der Waals surface area contributed by atoms with E-state index < -0.39 is 0 Å². The number of aromatic nitrogens is 3. The number of hydrogen-bond donors (Lipinski definition) is 2. The number of nitrogens with zero attached hydrogens (tertiary/aromatic N) is 4. The van der Waals surface area contributed by atoms with Gasteiger partial charge in [-0.05, 0) is 68.4 Å². The minimum Gasteiger partial charge on any atom is -0.384 e. The van der Waals surface area contributed by atoms with Crippen LogP contribution in [0.5, 0.6) is 0 Å². The van der Waals surface area contributed by atoms with Crippen LogP contribution in [0, 0.1) is 32.1 Å². The van der Waals surface area contributed by atoms with Crippen molar-refractivity contribution in [3.8, 4) is 6.07 Å². The van der Waals surface area contributed by atoms with Gasteiger partial charge in [-0.1, -0.05) is 17.7 Å². The number of rotatable bonds is 4. The molecule has 0 bridgehead atoms. The molecule has 0 atom stereocenters. The molecule has 6 nitrogen and oxygen atoms in total. The first-order chi connectivity index (χ1) is 13.9. The first-order valence-corrected chi connectivity index (χ1v) is 9.40. The van der Waals surface area contributed by atoms with Crippen molar-refractivity contribution in [2.24, 2.45) is 0 Å². The summed E-state index contributed by atoms with van der Waals surface area (Å²) in [6.45, 7) is 6.30. The molecule has 0 spiro atoms. The van der Waals surface area contributed by atoms with Gasteiger partial charge in [0.05, 0.1) is 17.0 Å².